The second-order valence-electron chi connectivity index (χ2n) is 4.35. The molecule has 3 aromatic rings. The largest absolute Gasteiger partial charge is 0.306 e. The third kappa shape index (κ3) is 2.49. The van der Waals surface area contributed by atoms with E-state index in [9.17, 15) is 4.79 Å². The van der Waals surface area contributed by atoms with Crippen molar-refractivity contribution in [2.24, 2.45) is 0 Å². The Kier molecular flexibility index (Phi) is 3.35. The Morgan fingerprint density at radius 3 is 2.10 bits per heavy atom. The van der Waals surface area contributed by atoms with Crippen LogP contribution in [0.4, 0.5) is 0 Å². The Morgan fingerprint density at radius 2 is 1.55 bits per heavy atom. The van der Waals surface area contributed by atoms with Gasteiger partial charge in [-0.05, 0) is 48.5 Å². The summed E-state index contributed by atoms with van der Waals surface area (Å²) in [6, 6.07) is 14.3. The smallest absolute Gasteiger partial charge is 0.193 e. The molecule has 4 heteroatoms. The molecule has 3 nitrogen and oxygen atoms in total. The third-order valence-corrected chi connectivity index (χ3v) is 3.29. The van der Waals surface area contributed by atoms with Crippen LogP contribution in [0.15, 0.2) is 67.3 Å². The van der Waals surface area contributed by atoms with E-state index >= 15 is 0 Å². The second kappa shape index (κ2) is 5.31. The minimum atomic E-state index is -0.0150. The van der Waals surface area contributed by atoms with Crippen molar-refractivity contribution < 1.29 is 4.79 Å². The number of hydrogen-bond donors (Lipinski definition) is 0. The maximum absolute atomic E-state index is 12.3. The molecule has 0 atom stereocenters. The minimum absolute atomic E-state index is 0.0150. The molecule has 98 valence electrons. The first kappa shape index (κ1) is 12.6. The van der Waals surface area contributed by atoms with Crippen LogP contribution in [0, 0.1) is 0 Å². The monoisotopic (exact) mass is 282 g/mol. The zero-order valence-electron chi connectivity index (χ0n) is 10.5. The number of carbonyl (C=O) groups is 1. The number of rotatable bonds is 3. The summed E-state index contributed by atoms with van der Waals surface area (Å²) < 4.78 is 1.89. The van der Waals surface area contributed by atoms with Gasteiger partial charge in [0.15, 0.2) is 5.78 Å². The number of ketones is 1. The number of hydrogen-bond acceptors (Lipinski definition) is 2. The fourth-order valence-corrected chi connectivity index (χ4v) is 2.09. The standard InChI is InChI=1S/C16H11ClN2O/c17-14-5-1-12(2-6-14)16(20)13-3-7-15(8-4-13)19-10-9-18-11-19/h1-11H. The Balaban J connectivity index is 1.87. The molecule has 3 rings (SSSR count). The lowest BCUT2D eigenvalue weighted by Gasteiger charge is -2.04. The van der Waals surface area contributed by atoms with Crippen LogP contribution in [0.3, 0.4) is 0 Å². The summed E-state index contributed by atoms with van der Waals surface area (Å²) >= 11 is 5.82. The molecule has 0 unspecified atom stereocenters. The summed E-state index contributed by atoms with van der Waals surface area (Å²) in [6.45, 7) is 0. The summed E-state index contributed by atoms with van der Waals surface area (Å²) in [5.41, 5.74) is 2.25. The molecule has 0 spiro atoms. The van der Waals surface area contributed by atoms with E-state index in [1.807, 2.05) is 35.0 Å². The first-order valence-electron chi connectivity index (χ1n) is 6.13. The molecule has 0 aliphatic carbocycles. The zero-order chi connectivity index (χ0) is 13.9. The quantitative estimate of drug-likeness (QED) is 0.686. The summed E-state index contributed by atoms with van der Waals surface area (Å²) in [6.07, 6.45) is 5.29. The first-order valence-corrected chi connectivity index (χ1v) is 6.50. The number of nitrogens with zero attached hydrogens (tertiary/aromatic N) is 2. The second-order valence-corrected chi connectivity index (χ2v) is 4.79. The van der Waals surface area contributed by atoms with Crippen molar-refractivity contribution in [1.82, 2.24) is 9.55 Å². The van der Waals surface area contributed by atoms with Crippen LogP contribution in [0.5, 0.6) is 0 Å². The van der Waals surface area contributed by atoms with E-state index < -0.39 is 0 Å². The molecule has 2 aromatic carbocycles. The number of aromatic nitrogens is 2. The third-order valence-electron chi connectivity index (χ3n) is 3.04. The highest BCUT2D eigenvalue weighted by molar-refractivity contribution is 6.30. The van der Waals surface area contributed by atoms with E-state index in [0.29, 0.717) is 16.1 Å². The zero-order valence-corrected chi connectivity index (χ0v) is 11.3. The average Bonchev–Trinajstić information content (AvgIpc) is 3.02. The normalized spacial score (nSPS) is 10.4. The van der Waals surface area contributed by atoms with Gasteiger partial charge in [0.05, 0.1) is 6.33 Å². The van der Waals surface area contributed by atoms with Gasteiger partial charge >= 0.3 is 0 Å². The van der Waals surface area contributed by atoms with Crippen molar-refractivity contribution in [1.29, 1.82) is 0 Å². The fraction of sp³-hybridized carbons (Fsp3) is 0. The molecule has 1 heterocycles. The summed E-state index contributed by atoms with van der Waals surface area (Å²) in [5.74, 6) is -0.0150. The predicted octanol–water partition coefficient (Wildman–Crippen LogP) is 3.76. The molecule has 0 saturated carbocycles. The molecule has 0 fully saturated rings. The lowest BCUT2D eigenvalue weighted by atomic mass is 10.0. The highest BCUT2D eigenvalue weighted by Crippen LogP contribution is 2.15. The summed E-state index contributed by atoms with van der Waals surface area (Å²) in [5, 5.41) is 0.622. The van der Waals surface area contributed by atoms with Crippen LogP contribution >= 0.6 is 11.6 Å². The number of halogens is 1. The van der Waals surface area contributed by atoms with Crippen molar-refractivity contribution in [3.8, 4) is 5.69 Å². The van der Waals surface area contributed by atoms with Gasteiger partial charge in [0.2, 0.25) is 0 Å². The van der Waals surface area contributed by atoms with Gasteiger partial charge in [-0.15, -0.1) is 0 Å². The lowest BCUT2D eigenvalue weighted by Crippen LogP contribution is -2.01. The van der Waals surface area contributed by atoms with Gasteiger partial charge < -0.3 is 4.57 Å². The molecule has 1 aromatic heterocycles. The van der Waals surface area contributed by atoms with E-state index in [1.54, 1.807) is 36.8 Å². The van der Waals surface area contributed by atoms with E-state index in [-0.39, 0.29) is 5.78 Å². The predicted molar refractivity (Wildman–Crippen MR) is 78.4 cm³/mol. The van der Waals surface area contributed by atoms with Crippen LogP contribution in [0.2, 0.25) is 5.02 Å². The van der Waals surface area contributed by atoms with Crippen LogP contribution < -0.4 is 0 Å². The first-order chi connectivity index (χ1) is 9.74. The van der Waals surface area contributed by atoms with Gasteiger partial charge in [-0.1, -0.05) is 11.6 Å². The topological polar surface area (TPSA) is 34.9 Å². The van der Waals surface area contributed by atoms with Crippen LogP contribution in [0.25, 0.3) is 5.69 Å². The molecule has 0 saturated heterocycles. The van der Waals surface area contributed by atoms with E-state index in [1.165, 1.54) is 0 Å². The van der Waals surface area contributed by atoms with Crippen LogP contribution in [-0.2, 0) is 0 Å². The highest BCUT2D eigenvalue weighted by atomic mass is 35.5. The molecular weight excluding hydrogens is 272 g/mol. The van der Waals surface area contributed by atoms with Gasteiger partial charge in [0, 0.05) is 34.2 Å². The average molecular weight is 283 g/mol. The Bertz CT molecular complexity index is 716. The minimum Gasteiger partial charge on any atom is -0.306 e. The van der Waals surface area contributed by atoms with E-state index in [0.717, 1.165) is 5.69 Å². The van der Waals surface area contributed by atoms with Gasteiger partial charge in [0.25, 0.3) is 0 Å². The van der Waals surface area contributed by atoms with Crippen molar-refractivity contribution in [2.75, 3.05) is 0 Å². The molecule has 0 aliphatic heterocycles. The van der Waals surface area contributed by atoms with Gasteiger partial charge in [-0.25, -0.2) is 4.98 Å². The number of imidazole rings is 1. The molecule has 0 amide bonds. The highest BCUT2D eigenvalue weighted by Gasteiger charge is 2.08. The fourth-order valence-electron chi connectivity index (χ4n) is 1.96. The maximum Gasteiger partial charge on any atom is 0.193 e. The molecule has 0 aliphatic rings. The molecule has 0 bridgehead atoms. The lowest BCUT2D eigenvalue weighted by molar-refractivity contribution is 0.103. The van der Waals surface area contributed by atoms with Crippen molar-refractivity contribution in [3.05, 3.63) is 83.4 Å². The van der Waals surface area contributed by atoms with Crippen LogP contribution in [-0.4, -0.2) is 15.3 Å². The van der Waals surface area contributed by atoms with Gasteiger partial charge in [-0.2, -0.15) is 0 Å². The Hall–Kier alpha value is -2.39. The summed E-state index contributed by atoms with van der Waals surface area (Å²) in [7, 11) is 0. The van der Waals surface area contributed by atoms with Gasteiger partial charge in [-0.3, -0.25) is 4.79 Å². The van der Waals surface area contributed by atoms with E-state index in [2.05, 4.69) is 4.98 Å². The Morgan fingerprint density at radius 1 is 0.950 bits per heavy atom. The molecule has 0 N–H and O–H groups in total. The SMILES string of the molecule is O=C(c1ccc(Cl)cc1)c1ccc(-n2ccnc2)cc1. The van der Waals surface area contributed by atoms with Crippen molar-refractivity contribution in [3.63, 3.8) is 0 Å². The summed E-state index contributed by atoms with van der Waals surface area (Å²) in [4.78, 5) is 16.3. The Labute approximate surface area is 121 Å². The molecule has 20 heavy (non-hydrogen) atoms. The maximum atomic E-state index is 12.3. The van der Waals surface area contributed by atoms with E-state index in [4.69, 9.17) is 11.6 Å². The van der Waals surface area contributed by atoms with Crippen molar-refractivity contribution in [2.45, 2.75) is 0 Å². The number of carbonyl (C=O) groups excluding carboxylic acids is 1. The molecular formula is C16H11ClN2O. The van der Waals surface area contributed by atoms with Crippen molar-refractivity contribution >= 4 is 17.4 Å². The molecule has 0 radical (unpaired) electrons. The number of benzene rings is 2. The van der Waals surface area contributed by atoms with Crippen LogP contribution in [0.1, 0.15) is 15.9 Å². The van der Waals surface area contributed by atoms with Gasteiger partial charge in [0.1, 0.15) is 0 Å².